The Balaban J connectivity index is 1.56. The lowest BCUT2D eigenvalue weighted by Crippen LogP contribution is -2.42. The fourth-order valence-electron chi connectivity index (χ4n) is 4.99. The van der Waals surface area contributed by atoms with Gasteiger partial charge < -0.3 is 10.4 Å². The maximum atomic E-state index is 13.7. The summed E-state index contributed by atoms with van der Waals surface area (Å²) in [6.07, 6.45) is 0.645. The SMILES string of the molecule is Cc1cccc(S(=O)(=O)N2CC[C@@H]3[C@@H](CO)Nc4ccc(C#Cc5cccc(F)c5)cc4[C@@H]32)c1. The van der Waals surface area contributed by atoms with Gasteiger partial charge in [0, 0.05) is 29.3 Å². The summed E-state index contributed by atoms with van der Waals surface area (Å²) in [6, 6.07) is 18.0. The van der Waals surface area contributed by atoms with Gasteiger partial charge in [-0.15, -0.1) is 0 Å². The Labute approximate surface area is 199 Å². The van der Waals surface area contributed by atoms with Crippen molar-refractivity contribution < 1.29 is 17.9 Å². The number of rotatable bonds is 3. The highest BCUT2D eigenvalue weighted by Crippen LogP contribution is 2.48. The molecule has 2 heterocycles. The average Bonchev–Trinajstić information content (AvgIpc) is 3.29. The Morgan fingerprint density at radius 2 is 1.82 bits per heavy atom. The first kappa shape index (κ1) is 22.6. The van der Waals surface area contributed by atoms with Gasteiger partial charge in [-0.2, -0.15) is 4.31 Å². The summed E-state index contributed by atoms with van der Waals surface area (Å²) in [5, 5.41) is 13.4. The minimum Gasteiger partial charge on any atom is -0.394 e. The highest BCUT2D eigenvalue weighted by molar-refractivity contribution is 7.89. The molecular weight excluding hydrogens is 451 g/mol. The van der Waals surface area contributed by atoms with Gasteiger partial charge in [0.25, 0.3) is 0 Å². The van der Waals surface area contributed by atoms with Gasteiger partial charge in [0.15, 0.2) is 0 Å². The van der Waals surface area contributed by atoms with Crippen LogP contribution >= 0.6 is 0 Å². The van der Waals surface area contributed by atoms with Crippen molar-refractivity contribution in [3.63, 3.8) is 0 Å². The molecule has 5 nitrogen and oxygen atoms in total. The number of nitrogens with one attached hydrogen (secondary N) is 1. The molecule has 2 aliphatic rings. The molecular formula is C27H25FN2O3S. The maximum absolute atomic E-state index is 13.7. The van der Waals surface area contributed by atoms with Crippen LogP contribution in [0.5, 0.6) is 0 Å². The van der Waals surface area contributed by atoms with Crippen molar-refractivity contribution in [3.05, 3.63) is 94.8 Å². The summed E-state index contributed by atoms with van der Waals surface area (Å²) < 4.78 is 42.4. The monoisotopic (exact) mass is 476 g/mol. The second-order valence-corrected chi connectivity index (χ2v) is 10.7. The predicted octanol–water partition coefficient (Wildman–Crippen LogP) is 4.07. The Bertz CT molecular complexity index is 1410. The molecule has 1 saturated heterocycles. The molecule has 5 rings (SSSR count). The van der Waals surface area contributed by atoms with E-state index < -0.39 is 16.1 Å². The van der Waals surface area contributed by atoms with E-state index in [9.17, 15) is 17.9 Å². The number of halogens is 1. The molecule has 1 fully saturated rings. The summed E-state index contributed by atoms with van der Waals surface area (Å²) in [5.74, 6) is 5.64. The smallest absolute Gasteiger partial charge is 0.243 e. The summed E-state index contributed by atoms with van der Waals surface area (Å²) in [5.41, 5.74) is 3.80. The van der Waals surface area contributed by atoms with Crippen molar-refractivity contribution in [2.45, 2.75) is 30.3 Å². The van der Waals surface area contributed by atoms with Crippen molar-refractivity contribution in [1.82, 2.24) is 4.31 Å². The fourth-order valence-corrected chi connectivity index (χ4v) is 6.76. The first-order valence-electron chi connectivity index (χ1n) is 11.2. The van der Waals surface area contributed by atoms with Crippen LogP contribution in [0, 0.1) is 30.5 Å². The normalized spacial score (nSPS) is 21.7. The van der Waals surface area contributed by atoms with Crippen LogP contribution in [0.2, 0.25) is 0 Å². The number of aryl methyl sites for hydroxylation is 1. The predicted molar refractivity (Wildman–Crippen MR) is 129 cm³/mol. The van der Waals surface area contributed by atoms with Gasteiger partial charge in [-0.25, -0.2) is 12.8 Å². The molecule has 0 saturated carbocycles. The number of fused-ring (bicyclic) bond motifs is 3. The van der Waals surface area contributed by atoms with E-state index in [1.807, 2.05) is 31.2 Å². The quantitative estimate of drug-likeness (QED) is 0.559. The Morgan fingerprint density at radius 1 is 1.06 bits per heavy atom. The van der Waals surface area contributed by atoms with Gasteiger partial charge in [-0.05, 0) is 73.0 Å². The Hall–Kier alpha value is -3.18. The van der Waals surface area contributed by atoms with Crippen LogP contribution in [0.1, 0.15) is 34.7 Å². The van der Waals surface area contributed by atoms with E-state index in [4.69, 9.17) is 0 Å². The average molecular weight is 477 g/mol. The van der Waals surface area contributed by atoms with Crippen molar-refractivity contribution in [1.29, 1.82) is 0 Å². The number of hydrogen-bond donors (Lipinski definition) is 2. The maximum Gasteiger partial charge on any atom is 0.243 e. The lowest BCUT2D eigenvalue weighted by atomic mass is 9.83. The topological polar surface area (TPSA) is 69.6 Å². The summed E-state index contributed by atoms with van der Waals surface area (Å²) in [4.78, 5) is 0.274. The molecule has 3 aromatic rings. The Morgan fingerprint density at radius 3 is 2.56 bits per heavy atom. The molecule has 0 spiro atoms. The van der Waals surface area contributed by atoms with E-state index in [2.05, 4.69) is 17.2 Å². The van der Waals surface area contributed by atoms with Crippen LogP contribution in [0.15, 0.2) is 71.6 Å². The molecule has 174 valence electrons. The molecule has 0 aromatic heterocycles. The minimum atomic E-state index is -3.73. The van der Waals surface area contributed by atoms with E-state index in [1.54, 1.807) is 34.6 Å². The van der Waals surface area contributed by atoms with Crippen molar-refractivity contribution >= 4 is 15.7 Å². The molecule has 3 atom stereocenters. The fraction of sp³-hybridized carbons (Fsp3) is 0.259. The third kappa shape index (κ3) is 4.09. The standard InChI is InChI=1S/C27H25FN2O3S/c1-18-4-2-7-22(14-18)34(32,33)30-13-12-23-26(17-31)29-25-11-10-20(16-24(25)27(23)30)9-8-19-5-3-6-21(28)15-19/h2-7,10-11,14-16,23,26-27,29,31H,12-13,17H2,1H3/t23-,26-,27-/m1/s1. The second kappa shape index (κ2) is 8.88. The first-order chi connectivity index (χ1) is 16.4. The van der Waals surface area contributed by atoms with Crippen LogP contribution in [0.25, 0.3) is 0 Å². The number of aliphatic hydroxyl groups is 1. The largest absolute Gasteiger partial charge is 0.394 e. The molecule has 0 unspecified atom stereocenters. The van der Waals surface area contributed by atoms with Crippen LogP contribution in [0.3, 0.4) is 0 Å². The zero-order valence-electron chi connectivity index (χ0n) is 18.7. The number of anilines is 1. The highest BCUT2D eigenvalue weighted by Gasteiger charge is 2.48. The lowest BCUT2D eigenvalue weighted by Gasteiger charge is -2.38. The number of benzene rings is 3. The third-order valence-electron chi connectivity index (χ3n) is 6.60. The van der Waals surface area contributed by atoms with E-state index in [-0.39, 0.29) is 29.3 Å². The molecule has 0 aliphatic carbocycles. The number of hydrogen-bond acceptors (Lipinski definition) is 4. The molecule has 0 bridgehead atoms. The van der Waals surface area contributed by atoms with Gasteiger partial charge in [0.05, 0.1) is 23.6 Å². The number of aliphatic hydroxyl groups excluding tert-OH is 1. The number of nitrogens with zero attached hydrogens (tertiary/aromatic N) is 1. The second-order valence-electron chi connectivity index (χ2n) is 8.83. The zero-order valence-corrected chi connectivity index (χ0v) is 19.5. The molecule has 34 heavy (non-hydrogen) atoms. The van der Waals surface area contributed by atoms with Crippen molar-refractivity contribution in [3.8, 4) is 11.8 Å². The van der Waals surface area contributed by atoms with E-state index >= 15 is 0 Å². The van der Waals surface area contributed by atoms with Crippen LogP contribution in [-0.4, -0.2) is 37.0 Å². The summed E-state index contributed by atoms with van der Waals surface area (Å²) in [7, 11) is -3.73. The van der Waals surface area contributed by atoms with Gasteiger partial charge in [-0.1, -0.05) is 30.0 Å². The Kier molecular flexibility index (Phi) is 5.90. The first-order valence-corrected chi connectivity index (χ1v) is 12.7. The van der Waals surface area contributed by atoms with Crippen molar-refractivity contribution in [2.24, 2.45) is 5.92 Å². The summed E-state index contributed by atoms with van der Waals surface area (Å²) >= 11 is 0. The molecule has 0 amide bonds. The molecule has 2 aliphatic heterocycles. The minimum absolute atomic E-state index is 0.0662. The number of sulfonamides is 1. The molecule has 0 radical (unpaired) electrons. The van der Waals surface area contributed by atoms with E-state index in [0.29, 0.717) is 24.1 Å². The van der Waals surface area contributed by atoms with Gasteiger partial charge in [0.1, 0.15) is 5.82 Å². The van der Waals surface area contributed by atoms with Crippen molar-refractivity contribution in [2.75, 3.05) is 18.5 Å². The van der Waals surface area contributed by atoms with E-state index in [1.165, 1.54) is 12.1 Å². The highest BCUT2D eigenvalue weighted by atomic mass is 32.2. The van der Waals surface area contributed by atoms with Gasteiger partial charge in [0.2, 0.25) is 10.0 Å². The third-order valence-corrected chi connectivity index (χ3v) is 8.47. The zero-order chi connectivity index (χ0) is 23.9. The summed E-state index contributed by atoms with van der Waals surface area (Å²) in [6.45, 7) is 2.17. The van der Waals surface area contributed by atoms with Gasteiger partial charge >= 0.3 is 0 Å². The van der Waals surface area contributed by atoms with Gasteiger partial charge in [-0.3, -0.25) is 0 Å². The van der Waals surface area contributed by atoms with Crippen LogP contribution in [-0.2, 0) is 10.0 Å². The van der Waals surface area contributed by atoms with E-state index in [0.717, 1.165) is 16.8 Å². The van der Waals surface area contributed by atoms with Crippen LogP contribution < -0.4 is 5.32 Å². The van der Waals surface area contributed by atoms with Crippen LogP contribution in [0.4, 0.5) is 10.1 Å². The lowest BCUT2D eigenvalue weighted by molar-refractivity contribution is 0.210. The molecule has 2 N–H and O–H groups in total. The molecule has 3 aromatic carbocycles. The molecule has 7 heteroatoms.